The van der Waals surface area contributed by atoms with Crippen molar-refractivity contribution in [1.82, 2.24) is 0 Å². The van der Waals surface area contributed by atoms with Gasteiger partial charge < -0.3 is 19.3 Å². The fourth-order valence-electron chi connectivity index (χ4n) is 3.78. The first-order chi connectivity index (χ1) is 17.7. The Morgan fingerprint density at radius 2 is 1.89 bits per heavy atom. The topological polar surface area (TPSA) is 135 Å². The van der Waals surface area contributed by atoms with E-state index >= 15 is 0 Å². The Kier molecular flexibility index (Phi) is 9.85. The highest BCUT2D eigenvalue weighted by atomic mass is 32.2. The van der Waals surface area contributed by atoms with Crippen LogP contribution >= 0.6 is 0 Å². The van der Waals surface area contributed by atoms with Gasteiger partial charge in [-0.25, -0.2) is 8.42 Å². The Balaban J connectivity index is 1.82. The molecular formula is C27H30N2O7S. The number of esters is 1. The number of sulfonamides is 1. The number of aliphatic hydroxyl groups excluding tert-OH is 1. The highest BCUT2D eigenvalue weighted by Crippen LogP contribution is 2.30. The number of hydrogen-bond donors (Lipinski definition) is 2. The van der Waals surface area contributed by atoms with Gasteiger partial charge in [0.1, 0.15) is 5.75 Å². The van der Waals surface area contributed by atoms with Crippen LogP contribution < -0.4 is 9.46 Å². The van der Waals surface area contributed by atoms with Crippen LogP contribution in [-0.4, -0.2) is 45.8 Å². The minimum Gasteiger partial charge on any atom is -0.468 e. The summed E-state index contributed by atoms with van der Waals surface area (Å²) in [6, 6.07) is 17.7. The van der Waals surface area contributed by atoms with Crippen LogP contribution in [0.2, 0.25) is 0 Å². The lowest BCUT2D eigenvalue weighted by Crippen LogP contribution is -2.19. The molecule has 0 aromatic heterocycles. The van der Waals surface area contributed by atoms with E-state index in [-0.39, 0.29) is 38.4 Å². The first-order valence-corrected chi connectivity index (χ1v) is 13.4. The van der Waals surface area contributed by atoms with Gasteiger partial charge in [-0.3, -0.25) is 9.52 Å². The molecule has 3 aromatic carbocycles. The average molecular weight is 527 g/mol. The highest BCUT2D eigenvalue weighted by Gasteiger charge is 2.18. The lowest BCUT2D eigenvalue weighted by atomic mass is 9.97. The second kappa shape index (κ2) is 13.1. The quantitative estimate of drug-likeness (QED) is 0.252. The Labute approximate surface area is 216 Å². The van der Waals surface area contributed by atoms with E-state index in [2.05, 4.69) is 10.8 Å². The zero-order chi connectivity index (χ0) is 26.8. The van der Waals surface area contributed by atoms with Crippen LogP contribution in [0.1, 0.15) is 42.6 Å². The van der Waals surface area contributed by atoms with E-state index in [1.807, 2.05) is 18.2 Å². The summed E-state index contributed by atoms with van der Waals surface area (Å²) in [5.74, 6) is -0.258. The second-order valence-electron chi connectivity index (χ2n) is 8.35. The van der Waals surface area contributed by atoms with Crippen molar-refractivity contribution in [3.05, 3.63) is 71.3 Å². The van der Waals surface area contributed by atoms with Gasteiger partial charge in [-0.05, 0) is 71.6 Å². The number of aliphatic hydroxyl groups is 1. The number of benzene rings is 3. The molecule has 37 heavy (non-hydrogen) atoms. The molecule has 0 aliphatic carbocycles. The predicted octanol–water partition coefficient (Wildman–Crippen LogP) is 4.06. The van der Waals surface area contributed by atoms with Crippen LogP contribution in [0.25, 0.3) is 10.8 Å². The number of carbonyl (C=O) groups is 1. The molecule has 0 spiro atoms. The van der Waals surface area contributed by atoms with Crippen molar-refractivity contribution in [1.29, 1.82) is 5.26 Å². The predicted molar refractivity (Wildman–Crippen MR) is 140 cm³/mol. The van der Waals surface area contributed by atoms with Crippen LogP contribution in [-0.2, 0) is 30.7 Å². The molecule has 0 fully saturated rings. The lowest BCUT2D eigenvalue weighted by Gasteiger charge is -2.18. The first kappa shape index (κ1) is 27.9. The summed E-state index contributed by atoms with van der Waals surface area (Å²) in [5, 5.41) is 22.0. The van der Waals surface area contributed by atoms with Crippen molar-refractivity contribution in [2.75, 3.05) is 31.0 Å². The fraction of sp³-hybridized carbons (Fsp3) is 0.333. The molecule has 0 heterocycles. The number of nitrogens with one attached hydrogen (secondary N) is 1. The van der Waals surface area contributed by atoms with Crippen LogP contribution in [0.5, 0.6) is 5.75 Å². The standard InChI is InChI=1S/C27H30N2O7S/c1-3-35-27(31)5-4-12-37(32,33)29-25-11-10-24(36-18-34-2)15-23(25)16-26(30)21-9-8-20-7-6-19(17-28)13-22(20)14-21/h6-11,13-15,26,29-30H,3-5,12,16,18H2,1-2H3. The first-order valence-electron chi connectivity index (χ1n) is 11.8. The van der Waals surface area contributed by atoms with Crippen molar-refractivity contribution in [2.45, 2.75) is 32.3 Å². The third-order valence-corrected chi connectivity index (χ3v) is 6.93. The van der Waals surface area contributed by atoms with Gasteiger partial charge in [0.05, 0.1) is 35.8 Å². The van der Waals surface area contributed by atoms with E-state index in [0.29, 0.717) is 28.1 Å². The Bertz CT molecular complexity index is 1380. The zero-order valence-electron chi connectivity index (χ0n) is 20.8. The molecule has 9 nitrogen and oxygen atoms in total. The summed E-state index contributed by atoms with van der Waals surface area (Å²) in [7, 11) is -2.28. The Morgan fingerprint density at radius 1 is 1.11 bits per heavy atom. The average Bonchev–Trinajstić information content (AvgIpc) is 2.87. The number of hydrogen-bond acceptors (Lipinski definition) is 8. The van der Waals surface area contributed by atoms with Crippen molar-refractivity contribution in [3.8, 4) is 11.8 Å². The number of nitriles is 1. The number of anilines is 1. The maximum absolute atomic E-state index is 12.7. The van der Waals surface area contributed by atoms with Gasteiger partial charge in [0.25, 0.3) is 0 Å². The lowest BCUT2D eigenvalue weighted by molar-refractivity contribution is -0.143. The minimum atomic E-state index is -3.77. The normalized spacial score (nSPS) is 12.1. The number of fused-ring (bicyclic) bond motifs is 1. The third kappa shape index (κ3) is 8.18. The Hall–Kier alpha value is -3.65. The smallest absolute Gasteiger partial charge is 0.305 e. The number of carbonyl (C=O) groups excluding carboxylic acids is 1. The molecule has 0 amide bonds. The molecule has 196 valence electrons. The monoisotopic (exact) mass is 526 g/mol. The van der Waals surface area contributed by atoms with Gasteiger partial charge in [-0.1, -0.05) is 18.2 Å². The van der Waals surface area contributed by atoms with Crippen LogP contribution in [0.3, 0.4) is 0 Å². The van der Waals surface area contributed by atoms with Crippen molar-refractivity contribution in [3.63, 3.8) is 0 Å². The summed E-state index contributed by atoms with van der Waals surface area (Å²) in [5.41, 5.74) is 1.95. The number of rotatable bonds is 13. The van der Waals surface area contributed by atoms with Crippen LogP contribution in [0, 0.1) is 11.3 Å². The SMILES string of the molecule is CCOC(=O)CCCS(=O)(=O)Nc1ccc(OCOC)cc1CC(O)c1ccc2ccc(C#N)cc2c1. The molecule has 0 saturated carbocycles. The van der Waals surface area contributed by atoms with Crippen molar-refractivity contribution >= 4 is 32.5 Å². The van der Waals surface area contributed by atoms with E-state index in [9.17, 15) is 23.6 Å². The van der Waals surface area contributed by atoms with Gasteiger partial charge in [0.15, 0.2) is 6.79 Å². The van der Waals surface area contributed by atoms with E-state index in [4.69, 9.17) is 14.2 Å². The highest BCUT2D eigenvalue weighted by molar-refractivity contribution is 7.92. The molecule has 0 radical (unpaired) electrons. The maximum Gasteiger partial charge on any atom is 0.305 e. The van der Waals surface area contributed by atoms with E-state index in [1.165, 1.54) is 7.11 Å². The second-order valence-corrected chi connectivity index (χ2v) is 10.2. The summed E-state index contributed by atoms with van der Waals surface area (Å²) >= 11 is 0. The summed E-state index contributed by atoms with van der Waals surface area (Å²) in [6.45, 7) is 1.93. The maximum atomic E-state index is 12.7. The van der Waals surface area contributed by atoms with Crippen molar-refractivity contribution in [2.24, 2.45) is 0 Å². The van der Waals surface area contributed by atoms with Gasteiger partial charge in [0.2, 0.25) is 10.0 Å². The number of methoxy groups -OCH3 is 1. The molecular weight excluding hydrogens is 496 g/mol. The number of ether oxygens (including phenoxy) is 3. The third-order valence-electron chi connectivity index (χ3n) is 5.58. The van der Waals surface area contributed by atoms with Gasteiger partial charge in [-0.2, -0.15) is 5.26 Å². The summed E-state index contributed by atoms with van der Waals surface area (Å²) in [4.78, 5) is 11.5. The zero-order valence-corrected chi connectivity index (χ0v) is 21.6. The molecule has 1 atom stereocenters. The largest absolute Gasteiger partial charge is 0.468 e. The molecule has 0 bridgehead atoms. The van der Waals surface area contributed by atoms with Gasteiger partial charge in [0, 0.05) is 20.0 Å². The summed E-state index contributed by atoms with van der Waals surface area (Å²) in [6.07, 6.45) is -0.753. The van der Waals surface area contributed by atoms with E-state index in [1.54, 1.807) is 43.3 Å². The Morgan fingerprint density at radius 3 is 2.62 bits per heavy atom. The van der Waals surface area contributed by atoms with Gasteiger partial charge >= 0.3 is 5.97 Å². The molecule has 2 N–H and O–H groups in total. The molecule has 3 aromatic rings. The van der Waals surface area contributed by atoms with Crippen LogP contribution in [0.15, 0.2) is 54.6 Å². The van der Waals surface area contributed by atoms with E-state index in [0.717, 1.165) is 10.8 Å². The molecule has 0 aliphatic rings. The molecule has 3 rings (SSSR count). The minimum absolute atomic E-state index is 0.000401. The van der Waals surface area contributed by atoms with Crippen LogP contribution in [0.4, 0.5) is 5.69 Å². The van der Waals surface area contributed by atoms with E-state index < -0.39 is 22.1 Å². The molecule has 0 aliphatic heterocycles. The molecule has 1 unspecified atom stereocenters. The number of nitrogens with zero attached hydrogens (tertiary/aromatic N) is 1. The van der Waals surface area contributed by atoms with Crippen molar-refractivity contribution < 1.29 is 32.5 Å². The molecule has 10 heteroatoms. The summed E-state index contributed by atoms with van der Waals surface area (Å²) < 4.78 is 43.3. The molecule has 0 saturated heterocycles. The fourth-order valence-corrected chi connectivity index (χ4v) is 4.94. The van der Waals surface area contributed by atoms with Gasteiger partial charge in [-0.15, -0.1) is 0 Å².